The summed E-state index contributed by atoms with van der Waals surface area (Å²) in [5.74, 6) is 0.997. The minimum absolute atomic E-state index is 0.167. The highest BCUT2D eigenvalue weighted by Crippen LogP contribution is 2.30. The maximum Gasteiger partial charge on any atom is 0.123 e. The topological polar surface area (TPSA) is 47.3 Å². The van der Waals surface area contributed by atoms with Gasteiger partial charge in [-0.3, -0.25) is 0 Å². The van der Waals surface area contributed by atoms with Gasteiger partial charge in [0.2, 0.25) is 0 Å². The fourth-order valence-corrected chi connectivity index (χ4v) is 1.97. The third-order valence-electron chi connectivity index (χ3n) is 2.92. The highest BCUT2D eigenvalue weighted by molar-refractivity contribution is 5.52. The molecule has 3 heteroatoms. The van der Waals surface area contributed by atoms with Crippen molar-refractivity contribution in [2.24, 2.45) is 5.73 Å². The van der Waals surface area contributed by atoms with Gasteiger partial charge in [0.25, 0.3) is 0 Å². The van der Waals surface area contributed by atoms with Gasteiger partial charge in [-0.25, -0.2) is 0 Å². The summed E-state index contributed by atoms with van der Waals surface area (Å²) in [6, 6.07) is 6.30. The summed E-state index contributed by atoms with van der Waals surface area (Å²) in [6.45, 7) is 3.83. The molecule has 1 heterocycles. The maximum atomic E-state index is 5.68. The van der Waals surface area contributed by atoms with E-state index in [1.54, 1.807) is 0 Å². The number of fused-ring (bicyclic) bond motifs is 1. The average molecular weight is 220 g/mol. The van der Waals surface area contributed by atoms with Crippen LogP contribution in [0.15, 0.2) is 18.2 Å². The van der Waals surface area contributed by atoms with E-state index in [2.05, 4.69) is 24.4 Å². The van der Waals surface area contributed by atoms with Crippen molar-refractivity contribution in [2.75, 3.05) is 18.4 Å². The first-order chi connectivity index (χ1) is 7.83. The molecule has 0 saturated heterocycles. The van der Waals surface area contributed by atoms with Crippen LogP contribution < -0.4 is 15.8 Å². The number of nitrogens with two attached hydrogens (primary N) is 1. The third kappa shape index (κ3) is 2.47. The van der Waals surface area contributed by atoms with Crippen molar-refractivity contribution in [3.05, 3.63) is 23.8 Å². The lowest BCUT2D eigenvalue weighted by Crippen LogP contribution is -2.24. The van der Waals surface area contributed by atoms with Crippen LogP contribution in [-0.4, -0.2) is 19.2 Å². The summed E-state index contributed by atoms with van der Waals surface area (Å²) in [7, 11) is 0. The Labute approximate surface area is 97.0 Å². The van der Waals surface area contributed by atoms with Crippen molar-refractivity contribution in [3.8, 4) is 5.75 Å². The van der Waals surface area contributed by atoms with E-state index in [4.69, 9.17) is 10.5 Å². The molecule has 0 saturated carbocycles. The molecule has 3 nitrogen and oxygen atoms in total. The van der Waals surface area contributed by atoms with Gasteiger partial charge in [0.1, 0.15) is 11.9 Å². The van der Waals surface area contributed by atoms with E-state index in [0.717, 1.165) is 18.7 Å². The molecule has 0 fully saturated rings. The molecular weight excluding hydrogens is 200 g/mol. The molecule has 0 radical (unpaired) electrons. The number of anilines is 1. The predicted molar refractivity (Wildman–Crippen MR) is 67.0 cm³/mol. The fourth-order valence-electron chi connectivity index (χ4n) is 1.97. The SMILES string of the molecule is CCCCNc1ccc2c(c1)CC(CN)O2. The van der Waals surface area contributed by atoms with Gasteiger partial charge in [-0.05, 0) is 30.2 Å². The Morgan fingerprint density at radius 3 is 3.12 bits per heavy atom. The molecule has 1 aliphatic rings. The summed E-state index contributed by atoms with van der Waals surface area (Å²) < 4.78 is 5.68. The first kappa shape index (κ1) is 11.3. The molecule has 1 aliphatic heterocycles. The molecule has 16 heavy (non-hydrogen) atoms. The Morgan fingerprint density at radius 2 is 2.38 bits per heavy atom. The van der Waals surface area contributed by atoms with Crippen LogP contribution in [0, 0.1) is 0 Å². The van der Waals surface area contributed by atoms with Crippen molar-refractivity contribution < 1.29 is 4.74 Å². The monoisotopic (exact) mass is 220 g/mol. The lowest BCUT2D eigenvalue weighted by Gasteiger charge is -2.07. The molecule has 88 valence electrons. The predicted octanol–water partition coefficient (Wildman–Crippen LogP) is 2.16. The van der Waals surface area contributed by atoms with E-state index in [9.17, 15) is 0 Å². The number of nitrogens with one attached hydrogen (secondary N) is 1. The second kappa shape index (κ2) is 5.21. The zero-order chi connectivity index (χ0) is 11.4. The molecule has 0 bridgehead atoms. The van der Waals surface area contributed by atoms with Gasteiger partial charge in [0.05, 0.1) is 0 Å². The van der Waals surface area contributed by atoms with E-state index in [-0.39, 0.29) is 6.10 Å². The summed E-state index contributed by atoms with van der Waals surface area (Å²) in [6.07, 6.45) is 3.53. The molecule has 1 aromatic carbocycles. The molecule has 0 aromatic heterocycles. The van der Waals surface area contributed by atoms with Crippen molar-refractivity contribution in [2.45, 2.75) is 32.3 Å². The van der Waals surface area contributed by atoms with Gasteiger partial charge in [0.15, 0.2) is 0 Å². The van der Waals surface area contributed by atoms with E-state index >= 15 is 0 Å². The minimum Gasteiger partial charge on any atom is -0.488 e. The number of ether oxygens (including phenoxy) is 1. The van der Waals surface area contributed by atoms with Crippen LogP contribution in [0.2, 0.25) is 0 Å². The first-order valence-corrected chi connectivity index (χ1v) is 6.07. The standard InChI is InChI=1S/C13H20N2O/c1-2-3-6-15-11-4-5-13-10(7-11)8-12(9-14)16-13/h4-5,7,12,15H,2-3,6,8-9,14H2,1H3. The van der Waals surface area contributed by atoms with Crippen LogP contribution in [0.3, 0.4) is 0 Å². The molecular formula is C13H20N2O. The van der Waals surface area contributed by atoms with Gasteiger partial charge >= 0.3 is 0 Å². The normalized spacial score (nSPS) is 18.0. The molecule has 0 aliphatic carbocycles. The maximum absolute atomic E-state index is 5.68. The Balaban J connectivity index is 1.98. The van der Waals surface area contributed by atoms with Gasteiger partial charge in [-0.2, -0.15) is 0 Å². The summed E-state index contributed by atoms with van der Waals surface area (Å²) >= 11 is 0. The molecule has 1 aromatic rings. The van der Waals surface area contributed by atoms with Gasteiger partial charge in [0, 0.05) is 25.2 Å². The number of hydrogen-bond acceptors (Lipinski definition) is 3. The van der Waals surface area contributed by atoms with E-state index in [1.807, 2.05) is 6.07 Å². The van der Waals surface area contributed by atoms with Crippen molar-refractivity contribution in [3.63, 3.8) is 0 Å². The van der Waals surface area contributed by atoms with E-state index in [0.29, 0.717) is 6.54 Å². The first-order valence-electron chi connectivity index (χ1n) is 6.07. The van der Waals surface area contributed by atoms with Crippen LogP contribution in [0.5, 0.6) is 5.75 Å². The van der Waals surface area contributed by atoms with Crippen LogP contribution in [0.1, 0.15) is 25.3 Å². The molecule has 3 N–H and O–H groups in total. The lowest BCUT2D eigenvalue weighted by atomic mass is 10.1. The highest BCUT2D eigenvalue weighted by Gasteiger charge is 2.21. The number of benzene rings is 1. The van der Waals surface area contributed by atoms with Crippen LogP contribution in [0.4, 0.5) is 5.69 Å². The number of unbranched alkanes of at least 4 members (excludes halogenated alkanes) is 1. The number of hydrogen-bond donors (Lipinski definition) is 2. The van der Waals surface area contributed by atoms with Crippen LogP contribution in [-0.2, 0) is 6.42 Å². The van der Waals surface area contributed by atoms with Gasteiger partial charge in [-0.15, -0.1) is 0 Å². The fraction of sp³-hybridized carbons (Fsp3) is 0.538. The quantitative estimate of drug-likeness (QED) is 0.748. The van der Waals surface area contributed by atoms with E-state index in [1.165, 1.54) is 24.1 Å². The van der Waals surface area contributed by atoms with Gasteiger partial charge in [-0.1, -0.05) is 13.3 Å². The largest absolute Gasteiger partial charge is 0.488 e. The third-order valence-corrected chi connectivity index (χ3v) is 2.92. The Hall–Kier alpha value is -1.22. The van der Waals surface area contributed by atoms with E-state index < -0.39 is 0 Å². The Kier molecular flexibility index (Phi) is 3.67. The van der Waals surface area contributed by atoms with Crippen molar-refractivity contribution >= 4 is 5.69 Å². The minimum atomic E-state index is 0.167. The Morgan fingerprint density at radius 1 is 1.50 bits per heavy atom. The Bertz CT molecular complexity index is 352. The zero-order valence-corrected chi connectivity index (χ0v) is 9.83. The zero-order valence-electron chi connectivity index (χ0n) is 9.83. The van der Waals surface area contributed by atoms with Crippen molar-refractivity contribution in [1.82, 2.24) is 0 Å². The molecule has 0 amide bonds. The second-order valence-corrected chi connectivity index (χ2v) is 4.28. The summed E-state index contributed by atoms with van der Waals surface area (Å²) in [4.78, 5) is 0. The van der Waals surface area contributed by atoms with Crippen LogP contribution >= 0.6 is 0 Å². The number of rotatable bonds is 5. The summed E-state index contributed by atoms with van der Waals surface area (Å²) in [5.41, 5.74) is 8.07. The van der Waals surface area contributed by atoms with Crippen molar-refractivity contribution in [1.29, 1.82) is 0 Å². The second-order valence-electron chi connectivity index (χ2n) is 4.28. The molecule has 1 unspecified atom stereocenters. The van der Waals surface area contributed by atoms with Gasteiger partial charge < -0.3 is 15.8 Å². The van der Waals surface area contributed by atoms with Crippen LogP contribution in [0.25, 0.3) is 0 Å². The molecule has 2 rings (SSSR count). The average Bonchev–Trinajstić information content (AvgIpc) is 2.71. The molecule has 1 atom stereocenters. The highest BCUT2D eigenvalue weighted by atomic mass is 16.5. The lowest BCUT2D eigenvalue weighted by molar-refractivity contribution is 0.241. The molecule has 0 spiro atoms. The summed E-state index contributed by atoms with van der Waals surface area (Å²) in [5, 5.41) is 3.42. The smallest absolute Gasteiger partial charge is 0.123 e.